The van der Waals surface area contributed by atoms with Gasteiger partial charge in [0.15, 0.2) is 0 Å². The summed E-state index contributed by atoms with van der Waals surface area (Å²) in [7, 11) is 0. The normalized spacial score (nSPS) is 17.8. The molecule has 1 atom stereocenters. The van der Waals surface area contributed by atoms with Crippen LogP contribution in [0.1, 0.15) is 23.3 Å². The number of nitrogens with zero attached hydrogens (tertiary/aromatic N) is 3. The van der Waals surface area contributed by atoms with Crippen LogP contribution in [0.25, 0.3) is 0 Å². The molecule has 2 aromatic rings. The van der Waals surface area contributed by atoms with Gasteiger partial charge in [-0.3, -0.25) is 4.79 Å². The molecule has 1 aliphatic heterocycles. The molecule has 1 fully saturated rings. The Labute approximate surface area is 139 Å². The number of nitrogens with two attached hydrogens (primary N) is 1. The molecular formula is C16H17ClN4O2. The number of primary amides is 1. The van der Waals surface area contributed by atoms with Crippen molar-refractivity contribution in [1.29, 1.82) is 0 Å². The van der Waals surface area contributed by atoms with Gasteiger partial charge in [-0.2, -0.15) is 0 Å². The monoisotopic (exact) mass is 332 g/mol. The molecule has 1 aromatic heterocycles. The van der Waals surface area contributed by atoms with E-state index in [2.05, 4.69) is 14.9 Å². The smallest absolute Gasteiger partial charge is 0.268 e. The first-order valence-electron chi connectivity index (χ1n) is 7.41. The predicted octanol–water partition coefficient (Wildman–Crippen LogP) is 2.28. The molecule has 1 saturated heterocycles. The highest BCUT2D eigenvalue weighted by molar-refractivity contribution is 6.32. The third-order valence-corrected chi connectivity index (χ3v) is 4.04. The number of amides is 1. The molecule has 2 N–H and O–H groups in total. The van der Waals surface area contributed by atoms with E-state index in [-0.39, 0.29) is 11.8 Å². The van der Waals surface area contributed by atoms with Crippen LogP contribution in [0.15, 0.2) is 36.7 Å². The number of ether oxygens (including phenoxy) is 1. The molecule has 2 heterocycles. The zero-order valence-corrected chi connectivity index (χ0v) is 13.2. The van der Waals surface area contributed by atoms with Crippen molar-refractivity contribution in [3.05, 3.63) is 47.4 Å². The van der Waals surface area contributed by atoms with Crippen LogP contribution < -0.4 is 15.4 Å². The summed E-state index contributed by atoms with van der Waals surface area (Å²) < 4.78 is 6.00. The Morgan fingerprint density at radius 2 is 2.13 bits per heavy atom. The van der Waals surface area contributed by atoms with Crippen LogP contribution in [0.4, 0.5) is 5.82 Å². The van der Waals surface area contributed by atoms with Gasteiger partial charge in [0.25, 0.3) is 5.91 Å². The lowest BCUT2D eigenvalue weighted by atomic mass is 10.1. The average molecular weight is 333 g/mol. The van der Waals surface area contributed by atoms with Crippen LogP contribution in [-0.4, -0.2) is 35.1 Å². The van der Waals surface area contributed by atoms with E-state index in [4.69, 9.17) is 22.1 Å². The Balaban J connectivity index is 1.68. The number of para-hydroxylation sites is 1. The number of piperidine rings is 1. The predicted molar refractivity (Wildman–Crippen MR) is 87.9 cm³/mol. The van der Waals surface area contributed by atoms with Crippen LogP contribution in [0.5, 0.6) is 5.75 Å². The molecule has 3 rings (SSSR count). The third kappa shape index (κ3) is 3.71. The Bertz CT molecular complexity index is 693. The van der Waals surface area contributed by atoms with E-state index in [1.807, 2.05) is 24.3 Å². The average Bonchev–Trinajstić information content (AvgIpc) is 2.57. The summed E-state index contributed by atoms with van der Waals surface area (Å²) in [5.41, 5.74) is 5.34. The second kappa shape index (κ2) is 6.83. The van der Waals surface area contributed by atoms with Gasteiger partial charge in [0.2, 0.25) is 0 Å². The van der Waals surface area contributed by atoms with Crippen molar-refractivity contribution >= 4 is 23.3 Å². The van der Waals surface area contributed by atoms with Crippen LogP contribution in [0.3, 0.4) is 0 Å². The number of halogens is 1. The lowest BCUT2D eigenvalue weighted by Crippen LogP contribution is -2.41. The molecule has 0 bridgehead atoms. The summed E-state index contributed by atoms with van der Waals surface area (Å²) in [6.45, 7) is 1.56. The number of hydrogen-bond acceptors (Lipinski definition) is 5. The van der Waals surface area contributed by atoms with E-state index in [0.29, 0.717) is 23.1 Å². The standard InChI is InChI=1S/C16H17ClN4O2/c17-12-5-1-2-6-14(12)23-11-4-3-7-21(10-11)15-9-19-13(8-20-15)16(18)22/h1-2,5-6,8-9,11H,3-4,7,10H2,(H2,18,22)/t11-/m0/s1. The summed E-state index contributed by atoms with van der Waals surface area (Å²) in [5.74, 6) is 0.821. The van der Waals surface area contributed by atoms with Crippen LogP contribution in [-0.2, 0) is 0 Å². The SMILES string of the molecule is NC(=O)c1cnc(N2CCC[C@H](Oc3ccccc3Cl)C2)cn1. The molecule has 0 radical (unpaired) electrons. The summed E-state index contributed by atoms with van der Waals surface area (Å²) in [5, 5.41) is 0.607. The van der Waals surface area contributed by atoms with Gasteiger partial charge in [-0.05, 0) is 25.0 Å². The van der Waals surface area contributed by atoms with E-state index < -0.39 is 5.91 Å². The van der Waals surface area contributed by atoms with Gasteiger partial charge in [0.1, 0.15) is 23.4 Å². The molecule has 0 spiro atoms. The van der Waals surface area contributed by atoms with Crippen molar-refractivity contribution in [2.75, 3.05) is 18.0 Å². The minimum atomic E-state index is -0.581. The van der Waals surface area contributed by atoms with Gasteiger partial charge in [-0.1, -0.05) is 23.7 Å². The first-order chi connectivity index (χ1) is 11.1. The van der Waals surface area contributed by atoms with Gasteiger partial charge < -0.3 is 15.4 Å². The molecule has 1 aromatic carbocycles. The van der Waals surface area contributed by atoms with Gasteiger partial charge in [-0.15, -0.1) is 0 Å². The van der Waals surface area contributed by atoms with Gasteiger partial charge in [-0.25, -0.2) is 9.97 Å². The fraction of sp³-hybridized carbons (Fsp3) is 0.312. The first kappa shape index (κ1) is 15.6. The highest BCUT2D eigenvalue weighted by Gasteiger charge is 2.23. The van der Waals surface area contributed by atoms with Crippen molar-refractivity contribution in [2.45, 2.75) is 18.9 Å². The third-order valence-electron chi connectivity index (χ3n) is 3.72. The second-order valence-corrected chi connectivity index (χ2v) is 5.79. The highest BCUT2D eigenvalue weighted by Crippen LogP contribution is 2.27. The number of carbonyl (C=O) groups excluding carboxylic acids is 1. The number of anilines is 1. The minimum Gasteiger partial charge on any atom is -0.487 e. The van der Waals surface area contributed by atoms with Crippen LogP contribution in [0, 0.1) is 0 Å². The zero-order chi connectivity index (χ0) is 16.2. The fourth-order valence-electron chi connectivity index (χ4n) is 2.57. The lowest BCUT2D eigenvalue weighted by Gasteiger charge is -2.33. The molecule has 1 aliphatic rings. The molecule has 0 saturated carbocycles. The van der Waals surface area contributed by atoms with E-state index >= 15 is 0 Å². The van der Waals surface area contributed by atoms with Crippen molar-refractivity contribution in [1.82, 2.24) is 9.97 Å². The topological polar surface area (TPSA) is 81.3 Å². The molecule has 6 nitrogen and oxygen atoms in total. The van der Waals surface area contributed by atoms with E-state index in [1.165, 1.54) is 6.20 Å². The fourth-order valence-corrected chi connectivity index (χ4v) is 2.75. The Kier molecular flexibility index (Phi) is 4.62. The Morgan fingerprint density at radius 1 is 1.30 bits per heavy atom. The number of aromatic nitrogens is 2. The van der Waals surface area contributed by atoms with Crippen LogP contribution >= 0.6 is 11.6 Å². The zero-order valence-electron chi connectivity index (χ0n) is 12.5. The molecule has 1 amide bonds. The van der Waals surface area contributed by atoms with E-state index in [9.17, 15) is 4.79 Å². The van der Waals surface area contributed by atoms with Gasteiger partial charge >= 0.3 is 0 Å². The number of carbonyl (C=O) groups is 1. The molecule has 120 valence electrons. The minimum absolute atomic E-state index is 0.0290. The van der Waals surface area contributed by atoms with E-state index in [1.54, 1.807) is 6.20 Å². The summed E-state index contributed by atoms with van der Waals surface area (Å²) in [4.78, 5) is 21.4. The molecular weight excluding hydrogens is 316 g/mol. The number of hydrogen-bond donors (Lipinski definition) is 1. The molecule has 0 aliphatic carbocycles. The Hall–Kier alpha value is -2.34. The van der Waals surface area contributed by atoms with Crippen molar-refractivity contribution in [2.24, 2.45) is 5.73 Å². The maximum Gasteiger partial charge on any atom is 0.268 e. The maximum absolute atomic E-state index is 11.0. The highest BCUT2D eigenvalue weighted by atomic mass is 35.5. The molecule has 7 heteroatoms. The second-order valence-electron chi connectivity index (χ2n) is 5.38. The largest absolute Gasteiger partial charge is 0.487 e. The van der Waals surface area contributed by atoms with Gasteiger partial charge in [0.05, 0.1) is 24.0 Å². The molecule has 0 unspecified atom stereocenters. The summed E-state index contributed by atoms with van der Waals surface area (Å²) in [6.07, 6.45) is 4.93. The quantitative estimate of drug-likeness (QED) is 0.928. The van der Waals surface area contributed by atoms with Gasteiger partial charge in [0, 0.05) is 6.54 Å². The maximum atomic E-state index is 11.0. The number of rotatable bonds is 4. The summed E-state index contributed by atoms with van der Waals surface area (Å²) >= 11 is 6.14. The lowest BCUT2D eigenvalue weighted by molar-refractivity contribution is 0.0995. The number of benzene rings is 1. The first-order valence-corrected chi connectivity index (χ1v) is 7.79. The van der Waals surface area contributed by atoms with Crippen molar-refractivity contribution < 1.29 is 9.53 Å². The van der Waals surface area contributed by atoms with E-state index in [0.717, 1.165) is 19.4 Å². The van der Waals surface area contributed by atoms with Crippen molar-refractivity contribution in [3.8, 4) is 5.75 Å². The summed E-state index contributed by atoms with van der Waals surface area (Å²) in [6, 6.07) is 7.45. The van der Waals surface area contributed by atoms with Crippen LogP contribution in [0.2, 0.25) is 5.02 Å². The van der Waals surface area contributed by atoms with Crippen molar-refractivity contribution in [3.63, 3.8) is 0 Å². The Morgan fingerprint density at radius 3 is 2.83 bits per heavy atom. The molecule has 23 heavy (non-hydrogen) atoms.